The standard InChI is InChI=1S/C21H21ClF3N3OS/c1-13(2)3-4-15-9-17(19(29)27-20-26-10-18(22)30-20)28(12-15)11-14-5-7-16(8-6-14)21(23,24)25/h5-10,12-13H,3-4,11H2,1-2H3,(H,26,27,29). The van der Waals surface area contributed by atoms with Crippen molar-refractivity contribution in [3.63, 3.8) is 0 Å². The number of nitrogens with zero attached hydrogens (tertiary/aromatic N) is 2. The van der Waals surface area contributed by atoms with Gasteiger partial charge in [-0.3, -0.25) is 10.1 Å². The molecular weight excluding hydrogens is 435 g/mol. The predicted octanol–water partition coefficient (Wildman–Crippen LogP) is 6.51. The fourth-order valence-corrected chi connectivity index (χ4v) is 3.76. The number of carbonyl (C=O) groups excluding carboxylic acids is 1. The molecule has 160 valence electrons. The van der Waals surface area contributed by atoms with Gasteiger partial charge in [-0.25, -0.2) is 4.98 Å². The number of aromatic nitrogens is 2. The van der Waals surface area contributed by atoms with E-state index in [-0.39, 0.29) is 12.5 Å². The summed E-state index contributed by atoms with van der Waals surface area (Å²) in [5.74, 6) is 0.168. The fourth-order valence-electron chi connectivity index (χ4n) is 2.95. The minimum atomic E-state index is -4.38. The minimum absolute atomic E-state index is 0.279. The molecule has 3 aromatic rings. The van der Waals surface area contributed by atoms with Crippen molar-refractivity contribution in [3.05, 3.63) is 69.4 Å². The number of hydrogen-bond acceptors (Lipinski definition) is 3. The Labute approximate surface area is 181 Å². The second-order valence-corrected chi connectivity index (χ2v) is 9.07. The molecule has 9 heteroatoms. The predicted molar refractivity (Wildman–Crippen MR) is 113 cm³/mol. The average Bonchev–Trinajstić information content (AvgIpc) is 3.25. The lowest BCUT2D eigenvalue weighted by atomic mass is 10.0. The quantitative estimate of drug-likeness (QED) is 0.441. The number of hydrogen-bond donors (Lipinski definition) is 1. The highest BCUT2D eigenvalue weighted by molar-refractivity contribution is 7.19. The smallest absolute Gasteiger partial charge is 0.339 e. The van der Waals surface area contributed by atoms with E-state index < -0.39 is 11.7 Å². The second kappa shape index (κ2) is 9.22. The van der Waals surface area contributed by atoms with Gasteiger partial charge in [-0.05, 0) is 48.1 Å². The van der Waals surface area contributed by atoms with Gasteiger partial charge in [0.1, 0.15) is 10.0 Å². The minimum Gasteiger partial charge on any atom is -0.339 e. The molecule has 1 amide bonds. The van der Waals surface area contributed by atoms with Gasteiger partial charge in [0.15, 0.2) is 5.13 Å². The second-order valence-electron chi connectivity index (χ2n) is 7.41. The summed E-state index contributed by atoms with van der Waals surface area (Å²) in [5.41, 5.74) is 1.38. The first kappa shape index (κ1) is 22.4. The molecule has 0 aliphatic carbocycles. The maximum atomic E-state index is 12.8. The summed E-state index contributed by atoms with van der Waals surface area (Å²) in [6.45, 7) is 4.53. The molecule has 0 atom stereocenters. The third kappa shape index (κ3) is 5.86. The fraction of sp³-hybridized carbons (Fsp3) is 0.333. The highest BCUT2D eigenvalue weighted by Crippen LogP contribution is 2.29. The third-order valence-corrected chi connectivity index (χ3v) is 5.56. The van der Waals surface area contributed by atoms with Gasteiger partial charge in [0, 0.05) is 12.7 Å². The number of thiazole rings is 1. The zero-order valence-electron chi connectivity index (χ0n) is 16.5. The lowest BCUT2D eigenvalue weighted by Gasteiger charge is -2.11. The molecule has 1 aromatic carbocycles. The Morgan fingerprint density at radius 3 is 2.50 bits per heavy atom. The average molecular weight is 456 g/mol. The molecule has 0 unspecified atom stereocenters. The van der Waals surface area contributed by atoms with E-state index in [1.165, 1.54) is 18.3 Å². The van der Waals surface area contributed by atoms with E-state index >= 15 is 0 Å². The molecule has 0 spiro atoms. The van der Waals surface area contributed by atoms with Crippen molar-refractivity contribution in [1.82, 2.24) is 9.55 Å². The molecule has 0 aliphatic heterocycles. The van der Waals surface area contributed by atoms with Crippen molar-refractivity contribution in [2.45, 2.75) is 39.4 Å². The van der Waals surface area contributed by atoms with E-state index in [2.05, 4.69) is 24.1 Å². The van der Waals surface area contributed by atoms with Crippen LogP contribution in [0.25, 0.3) is 0 Å². The van der Waals surface area contributed by atoms with E-state index in [1.807, 2.05) is 12.3 Å². The van der Waals surface area contributed by atoms with Crippen molar-refractivity contribution in [2.24, 2.45) is 5.92 Å². The van der Waals surface area contributed by atoms with Gasteiger partial charge in [0.2, 0.25) is 0 Å². The van der Waals surface area contributed by atoms with Crippen LogP contribution in [0.3, 0.4) is 0 Å². The maximum Gasteiger partial charge on any atom is 0.416 e. The van der Waals surface area contributed by atoms with Crippen molar-refractivity contribution in [1.29, 1.82) is 0 Å². The van der Waals surface area contributed by atoms with Crippen LogP contribution >= 0.6 is 22.9 Å². The normalized spacial score (nSPS) is 11.8. The lowest BCUT2D eigenvalue weighted by Crippen LogP contribution is -2.17. The van der Waals surface area contributed by atoms with Crippen LogP contribution in [-0.4, -0.2) is 15.5 Å². The zero-order chi connectivity index (χ0) is 21.9. The number of benzene rings is 1. The van der Waals surface area contributed by atoms with Crippen molar-refractivity contribution in [3.8, 4) is 0 Å². The van der Waals surface area contributed by atoms with Crippen LogP contribution in [0, 0.1) is 5.92 Å². The molecule has 30 heavy (non-hydrogen) atoms. The van der Waals surface area contributed by atoms with E-state index in [0.29, 0.717) is 26.6 Å². The first-order valence-electron chi connectivity index (χ1n) is 9.39. The molecule has 0 saturated heterocycles. The monoisotopic (exact) mass is 455 g/mol. The molecule has 4 nitrogen and oxygen atoms in total. The van der Waals surface area contributed by atoms with E-state index in [9.17, 15) is 18.0 Å². The van der Waals surface area contributed by atoms with Crippen molar-refractivity contribution < 1.29 is 18.0 Å². The Balaban J connectivity index is 1.84. The molecule has 0 aliphatic rings. The highest BCUT2D eigenvalue weighted by Gasteiger charge is 2.30. The summed E-state index contributed by atoms with van der Waals surface area (Å²) in [5, 5.41) is 3.11. The Hall–Kier alpha value is -2.32. The largest absolute Gasteiger partial charge is 0.416 e. The SMILES string of the molecule is CC(C)CCc1cc(C(=O)Nc2ncc(Cl)s2)n(Cc2ccc(C(F)(F)F)cc2)c1. The van der Waals surface area contributed by atoms with E-state index in [0.717, 1.165) is 41.9 Å². The number of nitrogens with one attached hydrogen (secondary N) is 1. The van der Waals surface area contributed by atoms with Crippen LogP contribution in [0.5, 0.6) is 0 Å². The van der Waals surface area contributed by atoms with E-state index in [1.54, 1.807) is 4.57 Å². The first-order chi connectivity index (χ1) is 14.1. The summed E-state index contributed by atoms with van der Waals surface area (Å²) < 4.78 is 40.6. The van der Waals surface area contributed by atoms with Crippen LogP contribution in [0.1, 0.15) is 47.4 Å². The molecule has 0 bridgehead atoms. The maximum absolute atomic E-state index is 12.8. The number of aryl methyl sites for hydroxylation is 1. The lowest BCUT2D eigenvalue weighted by molar-refractivity contribution is -0.137. The molecule has 2 heterocycles. The Morgan fingerprint density at radius 1 is 1.23 bits per heavy atom. The van der Waals surface area contributed by atoms with Crippen LogP contribution in [0.2, 0.25) is 4.34 Å². The molecule has 2 aromatic heterocycles. The first-order valence-corrected chi connectivity index (χ1v) is 10.6. The molecule has 1 N–H and O–H groups in total. The summed E-state index contributed by atoms with van der Waals surface area (Å²) in [6.07, 6.45) is 0.728. The summed E-state index contributed by atoms with van der Waals surface area (Å²) >= 11 is 7.02. The van der Waals surface area contributed by atoms with E-state index in [4.69, 9.17) is 11.6 Å². The van der Waals surface area contributed by atoms with Crippen LogP contribution in [0.15, 0.2) is 42.7 Å². The van der Waals surface area contributed by atoms with Gasteiger partial charge in [-0.2, -0.15) is 13.2 Å². The summed E-state index contributed by atoms with van der Waals surface area (Å²) in [7, 11) is 0. The number of amides is 1. The number of halogens is 4. The highest BCUT2D eigenvalue weighted by atomic mass is 35.5. The van der Waals surface area contributed by atoms with Crippen LogP contribution < -0.4 is 5.32 Å². The number of carbonyl (C=O) groups is 1. The van der Waals surface area contributed by atoms with Gasteiger partial charge < -0.3 is 4.57 Å². The van der Waals surface area contributed by atoms with Gasteiger partial charge in [0.05, 0.1) is 11.8 Å². The number of anilines is 1. The van der Waals surface area contributed by atoms with Crippen LogP contribution in [0.4, 0.5) is 18.3 Å². The molecule has 0 fully saturated rings. The Kier molecular flexibility index (Phi) is 6.88. The Morgan fingerprint density at radius 2 is 1.93 bits per heavy atom. The van der Waals surface area contributed by atoms with Crippen molar-refractivity contribution >= 4 is 34.0 Å². The summed E-state index contributed by atoms with van der Waals surface area (Å²) in [6, 6.07) is 6.78. The van der Waals surface area contributed by atoms with Gasteiger partial charge in [-0.1, -0.05) is 48.9 Å². The Bertz CT molecular complexity index is 1010. The molecular formula is C21H21ClF3N3OS. The molecule has 0 radical (unpaired) electrons. The number of rotatable bonds is 7. The van der Waals surface area contributed by atoms with Crippen molar-refractivity contribution in [2.75, 3.05) is 5.32 Å². The van der Waals surface area contributed by atoms with Gasteiger partial charge in [-0.15, -0.1) is 0 Å². The third-order valence-electron chi connectivity index (χ3n) is 4.53. The summed E-state index contributed by atoms with van der Waals surface area (Å²) in [4.78, 5) is 16.8. The zero-order valence-corrected chi connectivity index (χ0v) is 18.0. The van der Waals surface area contributed by atoms with Gasteiger partial charge >= 0.3 is 6.18 Å². The van der Waals surface area contributed by atoms with Crippen LogP contribution in [-0.2, 0) is 19.1 Å². The number of alkyl halides is 3. The van der Waals surface area contributed by atoms with Gasteiger partial charge in [0.25, 0.3) is 5.91 Å². The molecule has 3 rings (SSSR count). The molecule has 0 saturated carbocycles. The topological polar surface area (TPSA) is 46.9 Å².